The number of aliphatic hydroxyl groups excluding tert-OH is 1. The molecule has 0 amide bonds. The van der Waals surface area contributed by atoms with Crippen LogP contribution in [0.15, 0.2) is 0 Å². The van der Waals surface area contributed by atoms with Gasteiger partial charge in [0.15, 0.2) is 5.85 Å². The molecule has 0 aliphatic carbocycles. The van der Waals surface area contributed by atoms with Crippen molar-refractivity contribution in [1.82, 2.24) is 4.90 Å². The van der Waals surface area contributed by atoms with E-state index < -0.39 is 13.4 Å². The Balaban J connectivity index is 3.86. The molecule has 0 spiro atoms. The maximum Gasteiger partial charge on any atom is 0.355 e. The first-order chi connectivity index (χ1) is 4.34. The van der Waals surface area contributed by atoms with Gasteiger partial charge in [0.2, 0.25) is 0 Å². The van der Waals surface area contributed by atoms with Gasteiger partial charge in [-0.15, -0.1) is 0 Å². The zero-order valence-corrected chi connectivity index (χ0v) is 6.82. The molecule has 1 atom stereocenters. The van der Waals surface area contributed by atoms with E-state index in [1.165, 1.54) is 4.90 Å². The van der Waals surface area contributed by atoms with Crippen molar-refractivity contribution in [3.63, 3.8) is 0 Å². The van der Waals surface area contributed by atoms with E-state index in [9.17, 15) is 4.57 Å². The molecule has 0 saturated carbocycles. The van der Waals surface area contributed by atoms with Gasteiger partial charge in [0.05, 0.1) is 0 Å². The summed E-state index contributed by atoms with van der Waals surface area (Å²) in [5, 5.41) is 8.75. The standard InChI is InChI=1S/C4H12NO4P/c1-5(2)3-4(6)10(7,8)9/h4,6H,3H2,1-2H3,(H2,7,8,9). The maximum absolute atomic E-state index is 10.3. The SMILES string of the molecule is CN(C)CC(O)P(=O)(O)O. The predicted octanol–water partition coefficient (Wildman–Crippen LogP) is -0.956. The molecule has 0 aliphatic heterocycles. The average molecular weight is 169 g/mol. The van der Waals surface area contributed by atoms with Crippen molar-refractivity contribution in [2.24, 2.45) is 0 Å². The Morgan fingerprint density at radius 1 is 1.50 bits per heavy atom. The van der Waals surface area contributed by atoms with Crippen LogP contribution in [0.25, 0.3) is 0 Å². The lowest BCUT2D eigenvalue weighted by Gasteiger charge is -2.16. The van der Waals surface area contributed by atoms with Crippen LogP contribution in [0, 0.1) is 0 Å². The van der Waals surface area contributed by atoms with Gasteiger partial charge in [0.1, 0.15) is 0 Å². The third kappa shape index (κ3) is 3.98. The molecule has 0 aromatic rings. The van der Waals surface area contributed by atoms with Gasteiger partial charge < -0.3 is 19.8 Å². The Labute approximate surface area is 59.4 Å². The van der Waals surface area contributed by atoms with E-state index in [0.29, 0.717) is 0 Å². The van der Waals surface area contributed by atoms with Gasteiger partial charge >= 0.3 is 7.60 Å². The van der Waals surface area contributed by atoms with Gasteiger partial charge in [-0.25, -0.2) is 0 Å². The summed E-state index contributed by atoms with van der Waals surface area (Å²) in [6, 6.07) is 0. The van der Waals surface area contributed by atoms with Crippen molar-refractivity contribution >= 4 is 7.60 Å². The van der Waals surface area contributed by atoms with E-state index in [1.54, 1.807) is 14.1 Å². The van der Waals surface area contributed by atoms with E-state index in [1.807, 2.05) is 0 Å². The van der Waals surface area contributed by atoms with Crippen molar-refractivity contribution in [2.45, 2.75) is 5.85 Å². The van der Waals surface area contributed by atoms with Crippen LogP contribution in [-0.4, -0.2) is 46.3 Å². The molecule has 0 bridgehead atoms. The van der Waals surface area contributed by atoms with Crippen LogP contribution in [-0.2, 0) is 4.57 Å². The second kappa shape index (κ2) is 3.46. The molecule has 10 heavy (non-hydrogen) atoms. The van der Waals surface area contributed by atoms with Crippen LogP contribution in [0.1, 0.15) is 0 Å². The Kier molecular flexibility index (Phi) is 3.48. The highest BCUT2D eigenvalue weighted by Gasteiger charge is 2.26. The minimum atomic E-state index is -4.30. The van der Waals surface area contributed by atoms with Crippen LogP contribution in [0.4, 0.5) is 0 Å². The fourth-order valence-corrected chi connectivity index (χ4v) is 0.972. The first-order valence-electron chi connectivity index (χ1n) is 2.72. The molecule has 0 saturated heterocycles. The minimum absolute atomic E-state index is 0.0235. The lowest BCUT2D eigenvalue weighted by molar-refractivity contribution is 0.167. The van der Waals surface area contributed by atoms with Crippen LogP contribution >= 0.6 is 7.60 Å². The van der Waals surface area contributed by atoms with Crippen molar-refractivity contribution in [3.05, 3.63) is 0 Å². The molecule has 0 aromatic carbocycles. The first-order valence-corrected chi connectivity index (χ1v) is 4.40. The molecular formula is C4H12NO4P. The number of rotatable bonds is 3. The quantitative estimate of drug-likeness (QED) is 0.474. The van der Waals surface area contributed by atoms with Crippen molar-refractivity contribution in [1.29, 1.82) is 0 Å². The molecule has 5 nitrogen and oxygen atoms in total. The molecule has 62 valence electrons. The molecule has 0 aliphatic rings. The van der Waals surface area contributed by atoms with E-state index >= 15 is 0 Å². The molecular weight excluding hydrogens is 157 g/mol. The third-order valence-electron chi connectivity index (χ3n) is 0.917. The fourth-order valence-electron chi connectivity index (χ4n) is 0.433. The summed E-state index contributed by atoms with van der Waals surface area (Å²) < 4.78 is 10.3. The number of aliphatic hydroxyl groups is 1. The van der Waals surface area contributed by atoms with Gasteiger partial charge in [-0.2, -0.15) is 0 Å². The Hall–Kier alpha value is 0.0700. The van der Waals surface area contributed by atoms with Crippen molar-refractivity contribution in [2.75, 3.05) is 20.6 Å². The highest BCUT2D eigenvalue weighted by Crippen LogP contribution is 2.39. The van der Waals surface area contributed by atoms with Crippen LogP contribution in [0.3, 0.4) is 0 Å². The highest BCUT2D eigenvalue weighted by atomic mass is 31.2. The summed E-state index contributed by atoms with van der Waals surface area (Å²) in [7, 11) is -1.05. The zero-order valence-electron chi connectivity index (χ0n) is 5.93. The van der Waals surface area contributed by atoms with Gasteiger partial charge in [0.25, 0.3) is 0 Å². The van der Waals surface area contributed by atoms with Crippen molar-refractivity contribution in [3.8, 4) is 0 Å². The predicted molar refractivity (Wildman–Crippen MR) is 36.6 cm³/mol. The lowest BCUT2D eigenvalue weighted by atomic mass is 10.6. The molecule has 0 rings (SSSR count). The normalized spacial score (nSPS) is 15.8. The minimum Gasteiger partial charge on any atom is -0.379 e. The molecule has 1 unspecified atom stereocenters. The molecule has 0 aromatic heterocycles. The Morgan fingerprint density at radius 3 is 2.00 bits per heavy atom. The number of likely N-dealkylation sites (N-methyl/N-ethyl adjacent to an activating group) is 1. The summed E-state index contributed by atoms with van der Waals surface area (Å²) in [6.07, 6.45) is 0. The van der Waals surface area contributed by atoms with E-state index in [4.69, 9.17) is 14.9 Å². The first kappa shape index (κ1) is 10.1. The number of hydrogen-bond acceptors (Lipinski definition) is 3. The van der Waals surface area contributed by atoms with Crippen molar-refractivity contribution < 1.29 is 19.5 Å². The molecule has 0 heterocycles. The van der Waals surface area contributed by atoms with Crippen LogP contribution in [0.2, 0.25) is 0 Å². The Morgan fingerprint density at radius 2 is 1.90 bits per heavy atom. The van der Waals surface area contributed by atoms with Gasteiger partial charge in [-0.3, -0.25) is 4.57 Å². The van der Waals surface area contributed by atoms with E-state index in [-0.39, 0.29) is 6.54 Å². The summed E-state index contributed by atoms with van der Waals surface area (Å²) in [6.45, 7) is -0.0235. The maximum atomic E-state index is 10.3. The largest absolute Gasteiger partial charge is 0.379 e. The second-order valence-electron chi connectivity index (χ2n) is 2.33. The van der Waals surface area contributed by atoms with Gasteiger partial charge in [-0.1, -0.05) is 0 Å². The van der Waals surface area contributed by atoms with Crippen LogP contribution in [0.5, 0.6) is 0 Å². The van der Waals surface area contributed by atoms with E-state index in [0.717, 1.165) is 0 Å². The molecule has 3 N–H and O–H groups in total. The lowest BCUT2D eigenvalue weighted by Crippen LogP contribution is -2.25. The van der Waals surface area contributed by atoms with Gasteiger partial charge in [0, 0.05) is 6.54 Å². The number of nitrogens with zero attached hydrogens (tertiary/aromatic N) is 1. The topological polar surface area (TPSA) is 81.0 Å². The smallest absolute Gasteiger partial charge is 0.355 e. The fraction of sp³-hybridized carbons (Fsp3) is 1.00. The number of hydrogen-bond donors (Lipinski definition) is 3. The third-order valence-corrected chi connectivity index (χ3v) is 1.86. The summed E-state index contributed by atoms with van der Waals surface area (Å²) in [5.41, 5.74) is 0. The summed E-state index contributed by atoms with van der Waals surface area (Å²) in [4.78, 5) is 18.2. The van der Waals surface area contributed by atoms with Crippen LogP contribution < -0.4 is 0 Å². The summed E-state index contributed by atoms with van der Waals surface area (Å²) in [5.74, 6) is -1.57. The molecule has 6 heteroatoms. The Bertz CT molecular complexity index is 142. The van der Waals surface area contributed by atoms with Gasteiger partial charge in [-0.05, 0) is 14.1 Å². The highest BCUT2D eigenvalue weighted by molar-refractivity contribution is 7.52. The average Bonchev–Trinajstić information content (AvgIpc) is 1.60. The zero-order chi connectivity index (χ0) is 8.36. The van der Waals surface area contributed by atoms with E-state index in [2.05, 4.69) is 0 Å². The monoisotopic (exact) mass is 169 g/mol. The second-order valence-corrected chi connectivity index (χ2v) is 4.11. The summed E-state index contributed by atoms with van der Waals surface area (Å²) >= 11 is 0. The molecule has 0 fully saturated rings. The molecule has 0 radical (unpaired) electrons.